The number of para-hydroxylation sites is 1. The molecule has 1 fully saturated rings. The van der Waals surface area contributed by atoms with Crippen molar-refractivity contribution >= 4 is 11.7 Å². The molecule has 116 valence electrons. The second-order valence-electron chi connectivity index (χ2n) is 5.78. The van der Waals surface area contributed by atoms with Gasteiger partial charge in [0.25, 0.3) is 0 Å². The number of rotatable bonds is 6. The van der Waals surface area contributed by atoms with Gasteiger partial charge in [-0.25, -0.2) is 0 Å². The number of hydrogen-bond acceptors (Lipinski definition) is 4. The van der Waals surface area contributed by atoms with Gasteiger partial charge in [0.15, 0.2) is 0 Å². The van der Waals surface area contributed by atoms with Crippen molar-refractivity contribution in [3.05, 3.63) is 29.8 Å². The minimum absolute atomic E-state index is 0.314. The molecule has 1 saturated carbocycles. The second-order valence-corrected chi connectivity index (χ2v) is 5.78. The van der Waals surface area contributed by atoms with E-state index in [2.05, 4.69) is 5.32 Å². The number of carboxylic acids is 1. The molecule has 0 saturated heterocycles. The van der Waals surface area contributed by atoms with E-state index >= 15 is 0 Å². The third kappa shape index (κ3) is 4.19. The van der Waals surface area contributed by atoms with Crippen molar-refractivity contribution in [2.24, 2.45) is 5.92 Å². The van der Waals surface area contributed by atoms with Crippen LogP contribution < -0.4 is 5.32 Å². The van der Waals surface area contributed by atoms with Crippen LogP contribution in [-0.4, -0.2) is 35.4 Å². The van der Waals surface area contributed by atoms with E-state index in [9.17, 15) is 9.90 Å². The summed E-state index contributed by atoms with van der Waals surface area (Å²) in [6.07, 6.45) is 2.10. The zero-order chi connectivity index (χ0) is 15.3. The van der Waals surface area contributed by atoms with Gasteiger partial charge in [-0.3, -0.25) is 4.79 Å². The topological polar surface area (TPSA) is 78.8 Å². The maximum Gasteiger partial charge on any atom is 0.306 e. The summed E-state index contributed by atoms with van der Waals surface area (Å²) in [5, 5.41) is 22.8. The van der Waals surface area contributed by atoms with E-state index < -0.39 is 11.6 Å². The molecule has 1 aliphatic carbocycles. The van der Waals surface area contributed by atoms with Crippen molar-refractivity contribution in [1.82, 2.24) is 0 Å². The van der Waals surface area contributed by atoms with E-state index in [0.29, 0.717) is 38.8 Å². The van der Waals surface area contributed by atoms with Crippen LogP contribution in [0.4, 0.5) is 5.69 Å². The summed E-state index contributed by atoms with van der Waals surface area (Å²) in [6, 6.07) is 7.83. The minimum Gasteiger partial charge on any atom is -0.481 e. The highest BCUT2D eigenvalue weighted by Crippen LogP contribution is 2.32. The first-order valence-electron chi connectivity index (χ1n) is 7.30. The van der Waals surface area contributed by atoms with Crippen LogP contribution in [0.15, 0.2) is 24.3 Å². The summed E-state index contributed by atoms with van der Waals surface area (Å²) in [5.41, 5.74) is 1.17. The Bertz CT molecular complexity index is 481. The van der Waals surface area contributed by atoms with Gasteiger partial charge in [0, 0.05) is 24.9 Å². The molecule has 0 spiro atoms. The number of carboxylic acid groups (broad SMARTS) is 1. The zero-order valence-corrected chi connectivity index (χ0v) is 12.3. The molecule has 2 rings (SSSR count). The van der Waals surface area contributed by atoms with Gasteiger partial charge in [0.05, 0.1) is 18.1 Å². The molecule has 0 radical (unpaired) electrons. The third-order valence-corrected chi connectivity index (χ3v) is 4.19. The van der Waals surface area contributed by atoms with Gasteiger partial charge in [-0.1, -0.05) is 18.2 Å². The molecule has 0 aliphatic heterocycles. The van der Waals surface area contributed by atoms with Crippen LogP contribution in [0.1, 0.15) is 31.2 Å². The average molecular weight is 293 g/mol. The highest BCUT2D eigenvalue weighted by Gasteiger charge is 2.35. The van der Waals surface area contributed by atoms with Crippen LogP contribution in [0.2, 0.25) is 0 Å². The van der Waals surface area contributed by atoms with Gasteiger partial charge in [-0.05, 0) is 31.7 Å². The molecule has 0 amide bonds. The van der Waals surface area contributed by atoms with Gasteiger partial charge in [0.1, 0.15) is 0 Å². The number of aliphatic hydroxyl groups is 1. The van der Waals surface area contributed by atoms with Crippen molar-refractivity contribution in [2.75, 3.05) is 19.0 Å². The number of nitrogens with one attached hydrogen (secondary N) is 1. The third-order valence-electron chi connectivity index (χ3n) is 4.19. The summed E-state index contributed by atoms with van der Waals surface area (Å²) in [5.74, 6) is -1.07. The fourth-order valence-corrected chi connectivity index (χ4v) is 2.81. The molecule has 1 aromatic rings. The molecule has 3 N–H and O–H groups in total. The van der Waals surface area contributed by atoms with E-state index in [-0.39, 0.29) is 5.92 Å². The second kappa shape index (κ2) is 6.91. The lowest BCUT2D eigenvalue weighted by Crippen LogP contribution is -2.42. The Balaban J connectivity index is 1.92. The minimum atomic E-state index is -0.827. The number of anilines is 1. The maximum absolute atomic E-state index is 11.0. The van der Waals surface area contributed by atoms with Gasteiger partial charge < -0.3 is 20.3 Å². The fraction of sp³-hybridized carbons (Fsp3) is 0.562. The van der Waals surface area contributed by atoms with Gasteiger partial charge >= 0.3 is 5.97 Å². The van der Waals surface area contributed by atoms with E-state index in [1.54, 1.807) is 7.11 Å². The molecule has 0 heterocycles. The molecule has 0 bridgehead atoms. The lowest BCUT2D eigenvalue weighted by Gasteiger charge is -2.35. The van der Waals surface area contributed by atoms with Crippen molar-refractivity contribution in [3.8, 4) is 0 Å². The maximum atomic E-state index is 11.0. The first-order valence-corrected chi connectivity index (χ1v) is 7.30. The van der Waals surface area contributed by atoms with Crippen molar-refractivity contribution in [3.63, 3.8) is 0 Å². The summed E-state index contributed by atoms with van der Waals surface area (Å²) in [6.45, 7) is 0.947. The monoisotopic (exact) mass is 293 g/mol. The van der Waals surface area contributed by atoms with Crippen LogP contribution in [0.5, 0.6) is 0 Å². The molecule has 0 unspecified atom stereocenters. The van der Waals surface area contributed by atoms with Crippen LogP contribution in [0.25, 0.3) is 0 Å². The van der Waals surface area contributed by atoms with E-state index in [0.717, 1.165) is 11.3 Å². The molecule has 0 atom stereocenters. The SMILES string of the molecule is COCc1ccccc1NCC1(O)CCC(C(=O)O)CC1. The number of methoxy groups -OCH3 is 1. The lowest BCUT2D eigenvalue weighted by molar-refractivity contribution is -0.144. The number of hydrogen-bond donors (Lipinski definition) is 3. The van der Waals surface area contributed by atoms with Crippen LogP contribution >= 0.6 is 0 Å². The number of benzene rings is 1. The number of carbonyl (C=O) groups is 1. The molecule has 5 heteroatoms. The average Bonchev–Trinajstić information content (AvgIpc) is 2.47. The molecular formula is C16H23NO4. The van der Waals surface area contributed by atoms with Crippen molar-refractivity contribution < 1.29 is 19.7 Å². The van der Waals surface area contributed by atoms with E-state index in [4.69, 9.17) is 9.84 Å². The quantitative estimate of drug-likeness (QED) is 0.749. The normalized spacial score (nSPS) is 25.5. The van der Waals surface area contributed by atoms with Crippen molar-refractivity contribution in [1.29, 1.82) is 0 Å². The lowest BCUT2D eigenvalue weighted by atomic mass is 9.79. The van der Waals surface area contributed by atoms with Gasteiger partial charge in [0.2, 0.25) is 0 Å². The zero-order valence-electron chi connectivity index (χ0n) is 12.3. The predicted octanol–water partition coefficient (Wildman–Crippen LogP) is 2.25. The molecule has 21 heavy (non-hydrogen) atoms. The molecule has 1 aromatic carbocycles. The Kier molecular flexibility index (Phi) is 5.20. The first-order chi connectivity index (χ1) is 10.0. The smallest absolute Gasteiger partial charge is 0.306 e. The highest BCUT2D eigenvalue weighted by atomic mass is 16.5. The fourth-order valence-electron chi connectivity index (χ4n) is 2.81. The van der Waals surface area contributed by atoms with Gasteiger partial charge in [-0.2, -0.15) is 0 Å². The standard InChI is InChI=1S/C16H23NO4/c1-21-10-13-4-2-3-5-14(13)17-11-16(20)8-6-12(7-9-16)15(18)19/h2-5,12,17,20H,6-11H2,1H3,(H,18,19). The molecule has 1 aliphatic rings. The largest absolute Gasteiger partial charge is 0.481 e. The van der Waals surface area contributed by atoms with Crippen LogP contribution in [0, 0.1) is 5.92 Å². The summed E-state index contributed by atoms with van der Waals surface area (Å²) in [4.78, 5) is 11.0. The van der Waals surface area contributed by atoms with E-state index in [1.807, 2.05) is 24.3 Å². The molecular weight excluding hydrogens is 270 g/mol. The van der Waals surface area contributed by atoms with Crippen LogP contribution in [-0.2, 0) is 16.1 Å². The number of ether oxygens (including phenoxy) is 1. The Labute approximate surface area is 124 Å². The predicted molar refractivity (Wildman–Crippen MR) is 80.2 cm³/mol. The Morgan fingerprint density at radius 3 is 2.67 bits per heavy atom. The van der Waals surface area contributed by atoms with Crippen LogP contribution in [0.3, 0.4) is 0 Å². The Hall–Kier alpha value is -1.59. The van der Waals surface area contributed by atoms with Crippen molar-refractivity contribution in [2.45, 2.75) is 37.9 Å². The summed E-state index contributed by atoms with van der Waals surface area (Å²) < 4.78 is 5.16. The number of aliphatic carboxylic acids is 1. The van der Waals surface area contributed by atoms with Gasteiger partial charge in [-0.15, -0.1) is 0 Å². The summed E-state index contributed by atoms with van der Waals surface area (Å²) in [7, 11) is 1.65. The molecule has 0 aromatic heterocycles. The Morgan fingerprint density at radius 2 is 2.05 bits per heavy atom. The summed E-state index contributed by atoms with van der Waals surface area (Å²) >= 11 is 0. The first kappa shape index (κ1) is 15.8. The molecule has 5 nitrogen and oxygen atoms in total. The highest BCUT2D eigenvalue weighted by molar-refractivity contribution is 5.70. The van der Waals surface area contributed by atoms with E-state index in [1.165, 1.54) is 0 Å². The Morgan fingerprint density at radius 1 is 1.38 bits per heavy atom.